The first-order chi connectivity index (χ1) is 13.7. The molecule has 0 bridgehead atoms. The predicted octanol–water partition coefficient (Wildman–Crippen LogP) is 5.12. The lowest BCUT2D eigenvalue weighted by molar-refractivity contribution is 0.0431. The van der Waals surface area contributed by atoms with Crippen molar-refractivity contribution >= 4 is 40.3 Å². The number of nitrogens with zero attached hydrogens (tertiary/aromatic N) is 1. The van der Waals surface area contributed by atoms with Crippen molar-refractivity contribution in [3.63, 3.8) is 0 Å². The number of amides is 2. The lowest BCUT2D eigenvalue weighted by Gasteiger charge is -2.28. The van der Waals surface area contributed by atoms with E-state index in [9.17, 15) is 19.2 Å². The third-order valence-corrected chi connectivity index (χ3v) is 5.17. The van der Waals surface area contributed by atoms with E-state index in [1.54, 1.807) is 48.5 Å². The Morgan fingerprint density at radius 2 is 1.50 bits per heavy atom. The zero-order valence-corrected chi connectivity index (χ0v) is 19.4. The number of ether oxygens (including phenoxy) is 3. The molecule has 0 saturated heterocycles. The molecule has 1 aliphatic carbocycles. The summed E-state index contributed by atoms with van der Waals surface area (Å²) < 4.78 is 16.0. The van der Waals surface area contributed by atoms with Crippen molar-refractivity contribution in [2.24, 2.45) is 0 Å². The van der Waals surface area contributed by atoms with Gasteiger partial charge in [0, 0.05) is 6.42 Å². The second-order valence-electron chi connectivity index (χ2n) is 8.88. The van der Waals surface area contributed by atoms with Crippen LogP contribution in [0, 0.1) is 0 Å². The van der Waals surface area contributed by atoms with E-state index in [0.717, 1.165) is 11.3 Å². The summed E-state index contributed by atoms with van der Waals surface area (Å²) in [7, 11) is 0. The predicted molar refractivity (Wildman–Crippen MR) is 112 cm³/mol. The molecule has 30 heavy (non-hydrogen) atoms. The fourth-order valence-electron chi connectivity index (χ4n) is 2.88. The molecule has 2 amide bonds. The summed E-state index contributed by atoms with van der Waals surface area (Å²) in [6, 6.07) is 0. The minimum atomic E-state index is -0.992. The summed E-state index contributed by atoms with van der Waals surface area (Å²) in [5.41, 5.74) is -1.24. The summed E-state index contributed by atoms with van der Waals surface area (Å²) >= 11 is 0.915. The summed E-state index contributed by atoms with van der Waals surface area (Å²) in [5, 5.41) is -0.0165. The maximum atomic E-state index is 13.0. The molecule has 0 saturated carbocycles. The lowest BCUT2D eigenvalue weighted by atomic mass is 9.94. The number of anilines is 1. The van der Waals surface area contributed by atoms with Gasteiger partial charge in [-0.1, -0.05) is 0 Å². The molecule has 0 N–H and O–H groups in total. The maximum absolute atomic E-state index is 13.0. The molecule has 1 aliphatic rings. The number of hydrogen-bond donors (Lipinski definition) is 0. The van der Waals surface area contributed by atoms with E-state index in [4.69, 9.17) is 14.2 Å². The fraction of sp³-hybridized carbons (Fsp3) is 0.619. The molecular weight excluding hydrogens is 410 g/mol. The van der Waals surface area contributed by atoms with Crippen LogP contribution in [-0.4, -0.2) is 41.7 Å². The van der Waals surface area contributed by atoms with Crippen molar-refractivity contribution in [2.45, 2.75) is 78.9 Å². The van der Waals surface area contributed by atoms with Gasteiger partial charge in [0.25, 0.3) is 0 Å². The fourth-order valence-corrected chi connectivity index (χ4v) is 4.17. The zero-order valence-electron chi connectivity index (χ0n) is 18.5. The highest BCUT2D eigenvalue weighted by Gasteiger charge is 2.40. The van der Waals surface area contributed by atoms with Gasteiger partial charge in [0.1, 0.15) is 16.2 Å². The average Bonchev–Trinajstić information content (AvgIpc) is 2.92. The van der Waals surface area contributed by atoms with E-state index in [2.05, 4.69) is 0 Å². The highest BCUT2D eigenvalue weighted by molar-refractivity contribution is 7.19. The van der Waals surface area contributed by atoms with E-state index in [1.807, 2.05) is 0 Å². The minimum absolute atomic E-state index is 0.0165. The van der Waals surface area contributed by atoms with Gasteiger partial charge in [0.05, 0.1) is 17.0 Å². The molecule has 9 heteroatoms. The highest BCUT2D eigenvalue weighted by atomic mass is 32.1. The average molecular weight is 440 g/mol. The Kier molecular flexibility index (Phi) is 6.96. The van der Waals surface area contributed by atoms with Crippen molar-refractivity contribution in [1.82, 2.24) is 0 Å². The first-order valence-electron chi connectivity index (χ1n) is 9.87. The van der Waals surface area contributed by atoms with Crippen LogP contribution in [0.5, 0.6) is 0 Å². The molecule has 1 aromatic heterocycles. The third-order valence-electron chi connectivity index (χ3n) is 3.91. The summed E-state index contributed by atoms with van der Waals surface area (Å²) in [6.07, 6.45) is -0.592. The molecule has 0 fully saturated rings. The van der Waals surface area contributed by atoms with Crippen LogP contribution in [0.3, 0.4) is 0 Å². The molecule has 8 nitrogen and oxygen atoms in total. The number of Topliss-reactive ketones (excluding diaryl/α,β-unsaturated/α-hetero) is 1. The first kappa shape index (κ1) is 23.9. The number of carbonyl (C=O) groups is 4. The molecule has 1 heterocycles. The molecule has 166 valence electrons. The van der Waals surface area contributed by atoms with Gasteiger partial charge in [0.15, 0.2) is 5.78 Å². The van der Waals surface area contributed by atoms with E-state index < -0.39 is 29.4 Å². The monoisotopic (exact) mass is 439 g/mol. The van der Waals surface area contributed by atoms with Gasteiger partial charge in [-0.3, -0.25) is 4.79 Å². The number of hydrogen-bond acceptors (Lipinski definition) is 8. The molecule has 0 spiro atoms. The van der Waals surface area contributed by atoms with Crippen LogP contribution < -0.4 is 4.90 Å². The van der Waals surface area contributed by atoms with Crippen molar-refractivity contribution in [2.75, 3.05) is 11.5 Å². The van der Waals surface area contributed by atoms with E-state index in [1.165, 1.54) is 0 Å². The van der Waals surface area contributed by atoms with Gasteiger partial charge in [-0.05, 0) is 66.9 Å². The first-order valence-corrected chi connectivity index (χ1v) is 10.7. The van der Waals surface area contributed by atoms with Crippen LogP contribution in [0.4, 0.5) is 14.6 Å². The van der Waals surface area contributed by atoms with E-state index in [0.29, 0.717) is 34.6 Å². The Labute approximate surface area is 180 Å². The molecule has 0 radical (unpaired) electrons. The number of ketones is 1. The highest BCUT2D eigenvalue weighted by Crippen LogP contribution is 2.41. The SMILES string of the molecule is CCOC(=O)c1c(N(C(=O)OC(C)(C)C)C(=O)OC(C)(C)C)sc2c1CCCC2=O. The minimum Gasteiger partial charge on any atom is -0.462 e. The lowest BCUT2D eigenvalue weighted by Crippen LogP contribution is -2.44. The van der Waals surface area contributed by atoms with Crippen LogP contribution in [-0.2, 0) is 20.6 Å². The number of carbonyl (C=O) groups excluding carboxylic acids is 4. The van der Waals surface area contributed by atoms with Gasteiger partial charge in [0.2, 0.25) is 0 Å². The van der Waals surface area contributed by atoms with Crippen LogP contribution in [0.15, 0.2) is 0 Å². The molecule has 2 rings (SSSR count). The molecule has 0 unspecified atom stereocenters. The molecule has 0 atom stereocenters. The summed E-state index contributed by atoms with van der Waals surface area (Å²) in [6.45, 7) is 11.7. The van der Waals surface area contributed by atoms with Crippen molar-refractivity contribution in [3.8, 4) is 0 Å². The number of imide groups is 1. The van der Waals surface area contributed by atoms with Crippen LogP contribution in [0.2, 0.25) is 0 Å². The van der Waals surface area contributed by atoms with Crippen molar-refractivity contribution in [3.05, 3.63) is 16.0 Å². The maximum Gasteiger partial charge on any atom is 0.425 e. The quantitative estimate of drug-likeness (QED) is 0.476. The number of esters is 1. The van der Waals surface area contributed by atoms with Crippen LogP contribution >= 0.6 is 11.3 Å². The van der Waals surface area contributed by atoms with Gasteiger partial charge >= 0.3 is 18.2 Å². The second kappa shape index (κ2) is 8.75. The number of fused-ring (bicyclic) bond motifs is 1. The Hall–Kier alpha value is -2.42. The van der Waals surface area contributed by atoms with Crippen molar-refractivity contribution in [1.29, 1.82) is 0 Å². The molecule has 0 aliphatic heterocycles. The topological polar surface area (TPSA) is 99.2 Å². The van der Waals surface area contributed by atoms with Crippen LogP contribution in [0.25, 0.3) is 0 Å². The van der Waals surface area contributed by atoms with E-state index in [-0.39, 0.29) is 23.0 Å². The standard InChI is InChI=1S/C21H29NO7S/c1-8-27-17(24)14-12-10-9-11-13(23)15(12)30-16(14)22(18(25)28-20(2,3)4)19(26)29-21(5,6)7/h8-11H2,1-7H3. The second-order valence-corrected chi connectivity index (χ2v) is 9.88. The normalized spacial score (nSPS) is 14.0. The smallest absolute Gasteiger partial charge is 0.425 e. The summed E-state index contributed by atoms with van der Waals surface area (Å²) in [5.74, 6) is -0.830. The van der Waals surface area contributed by atoms with Gasteiger partial charge < -0.3 is 14.2 Å². The largest absolute Gasteiger partial charge is 0.462 e. The molecular formula is C21H29NO7S. The number of thiophene rings is 1. The molecule has 0 aromatic carbocycles. The van der Waals surface area contributed by atoms with Gasteiger partial charge in [-0.25, -0.2) is 14.4 Å². The van der Waals surface area contributed by atoms with Gasteiger partial charge in [-0.2, -0.15) is 4.90 Å². The molecule has 1 aromatic rings. The Morgan fingerprint density at radius 3 is 1.97 bits per heavy atom. The summed E-state index contributed by atoms with van der Waals surface area (Å²) in [4.78, 5) is 52.3. The van der Waals surface area contributed by atoms with Crippen molar-refractivity contribution < 1.29 is 33.4 Å². The Bertz CT molecular complexity index is 830. The zero-order chi connectivity index (χ0) is 22.9. The third kappa shape index (κ3) is 5.59. The van der Waals surface area contributed by atoms with E-state index >= 15 is 0 Å². The van der Waals surface area contributed by atoms with Gasteiger partial charge in [-0.15, -0.1) is 11.3 Å². The number of rotatable bonds is 3. The Balaban J connectivity index is 2.67. The van der Waals surface area contributed by atoms with Crippen LogP contribution in [0.1, 0.15) is 86.9 Å². The Morgan fingerprint density at radius 1 is 0.967 bits per heavy atom.